The molecule has 0 aromatic heterocycles. The van der Waals surface area contributed by atoms with Crippen molar-refractivity contribution >= 4 is 6.03 Å². The van der Waals surface area contributed by atoms with Gasteiger partial charge in [0.1, 0.15) is 5.75 Å². The lowest BCUT2D eigenvalue weighted by Gasteiger charge is -2.28. The van der Waals surface area contributed by atoms with Crippen molar-refractivity contribution in [3.63, 3.8) is 0 Å². The second-order valence-corrected chi connectivity index (χ2v) is 7.38. The molecule has 2 unspecified atom stereocenters. The molecule has 5 heteroatoms. The van der Waals surface area contributed by atoms with E-state index >= 15 is 0 Å². The molecule has 2 aromatic rings. The number of hydrogen-bond donors (Lipinski definition) is 2. The average Bonchev–Trinajstić information content (AvgIpc) is 3.33. The summed E-state index contributed by atoms with van der Waals surface area (Å²) >= 11 is 0. The number of urea groups is 1. The number of fused-ring (bicyclic) bond motifs is 1. The Hall–Kier alpha value is -2.53. The van der Waals surface area contributed by atoms with Crippen LogP contribution >= 0.6 is 0 Å². The first-order valence-electron chi connectivity index (χ1n) is 9.72. The molecule has 1 aliphatic carbocycles. The number of amides is 2. The number of aryl methyl sites for hydroxylation is 1. The quantitative estimate of drug-likeness (QED) is 0.847. The van der Waals surface area contributed by atoms with Gasteiger partial charge < -0.3 is 20.1 Å². The van der Waals surface area contributed by atoms with Crippen LogP contribution in [0.1, 0.15) is 42.0 Å². The predicted molar refractivity (Wildman–Crippen MR) is 104 cm³/mol. The fraction of sp³-hybridized carbons (Fsp3) is 0.409. The maximum atomic E-state index is 13.1. The van der Waals surface area contributed by atoms with Gasteiger partial charge in [-0.1, -0.05) is 42.5 Å². The first-order chi connectivity index (χ1) is 13.2. The fourth-order valence-electron chi connectivity index (χ4n) is 4.05. The van der Waals surface area contributed by atoms with Crippen LogP contribution in [0.2, 0.25) is 0 Å². The Morgan fingerprint density at radius 3 is 2.78 bits per heavy atom. The Balaban J connectivity index is 1.49. The van der Waals surface area contributed by atoms with Crippen LogP contribution in [0.5, 0.6) is 5.75 Å². The number of phenols is 1. The van der Waals surface area contributed by atoms with Gasteiger partial charge in [-0.2, -0.15) is 0 Å². The van der Waals surface area contributed by atoms with Crippen LogP contribution in [0.3, 0.4) is 0 Å². The minimum Gasteiger partial charge on any atom is -0.508 e. The smallest absolute Gasteiger partial charge is 0.318 e. The summed E-state index contributed by atoms with van der Waals surface area (Å²) in [4.78, 5) is 14.9. The molecule has 0 bridgehead atoms. The summed E-state index contributed by atoms with van der Waals surface area (Å²) in [6.07, 6.45) is 3.99. The van der Waals surface area contributed by atoms with Crippen molar-refractivity contribution in [2.24, 2.45) is 0 Å². The number of hydrogen-bond acceptors (Lipinski definition) is 3. The third-order valence-electron chi connectivity index (χ3n) is 5.52. The van der Waals surface area contributed by atoms with Crippen LogP contribution in [0.4, 0.5) is 4.79 Å². The van der Waals surface area contributed by atoms with Gasteiger partial charge in [-0.3, -0.25) is 0 Å². The SMILES string of the molecule is O=C(NC1CCc2ccccc21)N(Cc1ccccc1O)CC1CCCO1. The van der Waals surface area contributed by atoms with E-state index in [-0.39, 0.29) is 23.9 Å². The first kappa shape index (κ1) is 17.9. The summed E-state index contributed by atoms with van der Waals surface area (Å²) in [6.45, 7) is 1.66. The largest absolute Gasteiger partial charge is 0.508 e. The lowest BCUT2D eigenvalue weighted by molar-refractivity contribution is 0.0787. The summed E-state index contributed by atoms with van der Waals surface area (Å²) in [7, 11) is 0. The molecule has 2 aromatic carbocycles. The molecule has 1 aliphatic heterocycles. The number of para-hydroxylation sites is 1. The highest BCUT2D eigenvalue weighted by molar-refractivity contribution is 5.75. The maximum absolute atomic E-state index is 13.1. The zero-order valence-electron chi connectivity index (χ0n) is 15.4. The van der Waals surface area contributed by atoms with E-state index in [0.717, 1.165) is 37.9 Å². The summed E-state index contributed by atoms with van der Waals surface area (Å²) in [5.74, 6) is 0.217. The van der Waals surface area contributed by atoms with Gasteiger partial charge in [0, 0.05) is 18.7 Å². The molecule has 0 radical (unpaired) electrons. The van der Waals surface area contributed by atoms with Crippen LogP contribution in [-0.4, -0.2) is 35.3 Å². The fourth-order valence-corrected chi connectivity index (χ4v) is 4.05. The van der Waals surface area contributed by atoms with Crippen molar-refractivity contribution in [1.82, 2.24) is 10.2 Å². The number of aromatic hydroxyl groups is 1. The zero-order chi connectivity index (χ0) is 18.6. The van der Waals surface area contributed by atoms with E-state index in [1.54, 1.807) is 17.0 Å². The van der Waals surface area contributed by atoms with Crippen LogP contribution in [-0.2, 0) is 17.7 Å². The average molecular weight is 366 g/mol. The third kappa shape index (κ3) is 4.08. The molecular formula is C22H26N2O3. The predicted octanol–water partition coefficient (Wildman–Crippen LogP) is 3.77. The van der Waals surface area contributed by atoms with Gasteiger partial charge in [0.15, 0.2) is 0 Å². The molecule has 2 atom stereocenters. The van der Waals surface area contributed by atoms with Gasteiger partial charge in [-0.15, -0.1) is 0 Å². The second-order valence-electron chi connectivity index (χ2n) is 7.38. The van der Waals surface area contributed by atoms with Gasteiger partial charge in [-0.25, -0.2) is 4.79 Å². The number of rotatable bonds is 5. The number of nitrogens with zero attached hydrogens (tertiary/aromatic N) is 1. The van der Waals surface area contributed by atoms with Gasteiger partial charge in [0.25, 0.3) is 0 Å². The first-order valence-corrected chi connectivity index (χ1v) is 9.72. The molecule has 1 saturated heterocycles. The van der Waals surface area contributed by atoms with Gasteiger partial charge in [0.2, 0.25) is 0 Å². The van der Waals surface area contributed by atoms with Crippen molar-refractivity contribution in [1.29, 1.82) is 0 Å². The number of benzene rings is 2. The van der Waals surface area contributed by atoms with Crippen molar-refractivity contribution in [3.05, 3.63) is 65.2 Å². The van der Waals surface area contributed by atoms with E-state index in [9.17, 15) is 9.90 Å². The van der Waals surface area contributed by atoms with Crippen LogP contribution in [0.15, 0.2) is 48.5 Å². The molecule has 4 rings (SSSR count). The number of carbonyl (C=O) groups excluding carboxylic acids is 1. The molecule has 1 heterocycles. The van der Waals surface area contributed by atoms with Crippen LogP contribution < -0.4 is 5.32 Å². The van der Waals surface area contributed by atoms with Gasteiger partial charge in [-0.05, 0) is 42.9 Å². The Morgan fingerprint density at radius 1 is 1.15 bits per heavy atom. The van der Waals surface area contributed by atoms with Gasteiger partial charge >= 0.3 is 6.03 Å². The normalized spacial score (nSPS) is 21.0. The van der Waals surface area contributed by atoms with E-state index < -0.39 is 0 Å². The lowest BCUT2D eigenvalue weighted by atomic mass is 10.1. The summed E-state index contributed by atoms with van der Waals surface area (Å²) in [6, 6.07) is 15.4. The molecule has 2 amide bonds. The number of ether oxygens (including phenoxy) is 1. The molecular weight excluding hydrogens is 340 g/mol. The minimum absolute atomic E-state index is 0.0464. The highest BCUT2D eigenvalue weighted by Gasteiger charge is 2.28. The molecule has 27 heavy (non-hydrogen) atoms. The van der Waals surface area contributed by atoms with Crippen molar-refractivity contribution < 1.29 is 14.6 Å². The standard InChI is InChI=1S/C22H26N2O3/c25-21-10-4-2-7-17(21)14-24(15-18-8-5-13-27-18)22(26)23-20-12-11-16-6-1-3-9-19(16)20/h1-4,6-7,9-10,18,20,25H,5,8,11-15H2,(H,23,26). The van der Waals surface area contributed by atoms with Crippen molar-refractivity contribution in [2.75, 3.05) is 13.2 Å². The highest BCUT2D eigenvalue weighted by atomic mass is 16.5. The number of nitrogens with one attached hydrogen (secondary N) is 1. The Morgan fingerprint density at radius 2 is 1.96 bits per heavy atom. The lowest BCUT2D eigenvalue weighted by Crippen LogP contribution is -2.44. The summed E-state index contributed by atoms with van der Waals surface area (Å²) in [5, 5.41) is 13.3. The van der Waals surface area contributed by atoms with E-state index in [2.05, 4.69) is 17.4 Å². The molecule has 0 saturated carbocycles. The molecule has 142 valence electrons. The molecule has 1 fully saturated rings. The maximum Gasteiger partial charge on any atom is 0.318 e. The van der Waals surface area contributed by atoms with Gasteiger partial charge in [0.05, 0.1) is 18.7 Å². The second kappa shape index (κ2) is 8.01. The van der Waals surface area contributed by atoms with Crippen molar-refractivity contribution in [3.8, 4) is 5.75 Å². The van der Waals surface area contributed by atoms with E-state index in [1.165, 1.54) is 11.1 Å². The van der Waals surface area contributed by atoms with E-state index in [4.69, 9.17) is 4.74 Å². The number of carbonyl (C=O) groups is 1. The van der Waals surface area contributed by atoms with E-state index in [0.29, 0.717) is 13.1 Å². The monoisotopic (exact) mass is 366 g/mol. The molecule has 0 spiro atoms. The topological polar surface area (TPSA) is 61.8 Å². The van der Waals surface area contributed by atoms with Crippen molar-refractivity contribution in [2.45, 2.75) is 44.4 Å². The summed E-state index contributed by atoms with van der Waals surface area (Å²) < 4.78 is 5.74. The Kier molecular flexibility index (Phi) is 5.30. The summed E-state index contributed by atoms with van der Waals surface area (Å²) in [5.41, 5.74) is 3.28. The third-order valence-corrected chi connectivity index (χ3v) is 5.52. The van der Waals surface area contributed by atoms with E-state index in [1.807, 2.05) is 24.3 Å². The number of phenolic OH excluding ortho intramolecular Hbond substituents is 1. The highest BCUT2D eigenvalue weighted by Crippen LogP contribution is 2.31. The molecule has 2 aliphatic rings. The van der Waals surface area contributed by atoms with Crippen LogP contribution in [0.25, 0.3) is 0 Å². The zero-order valence-corrected chi connectivity index (χ0v) is 15.4. The molecule has 2 N–H and O–H groups in total. The van der Waals surface area contributed by atoms with Crippen LogP contribution in [0, 0.1) is 0 Å². The minimum atomic E-state index is -0.101. The molecule has 5 nitrogen and oxygen atoms in total. The Labute approximate surface area is 160 Å². The Bertz CT molecular complexity index is 802.